The summed E-state index contributed by atoms with van der Waals surface area (Å²) >= 11 is 0. The molecule has 0 aromatic rings. The van der Waals surface area contributed by atoms with Gasteiger partial charge < -0.3 is 4.74 Å². The first-order valence-corrected chi connectivity index (χ1v) is 8.42. The van der Waals surface area contributed by atoms with Gasteiger partial charge in [0.05, 0.1) is 0 Å². The van der Waals surface area contributed by atoms with E-state index in [0.29, 0.717) is 0 Å². The predicted octanol–water partition coefficient (Wildman–Crippen LogP) is 2.36. The first-order valence-electron chi connectivity index (χ1n) is 8.42. The highest BCUT2D eigenvalue weighted by atomic mass is 16.5. The van der Waals surface area contributed by atoms with Gasteiger partial charge in [0.2, 0.25) is 0 Å². The van der Waals surface area contributed by atoms with Crippen LogP contribution in [0, 0.1) is 5.92 Å². The Morgan fingerprint density at radius 2 is 1.89 bits per heavy atom. The van der Waals surface area contributed by atoms with Crippen molar-refractivity contribution < 1.29 is 4.74 Å². The lowest BCUT2D eigenvalue weighted by molar-refractivity contribution is -0.0143. The van der Waals surface area contributed by atoms with Crippen LogP contribution in [0.3, 0.4) is 0 Å². The van der Waals surface area contributed by atoms with Crippen molar-refractivity contribution in [3.05, 3.63) is 0 Å². The maximum Gasteiger partial charge on any atom is 0.0469 e. The van der Waals surface area contributed by atoms with Crippen LogP contribution in [0.2, 0.25) is 0 Å². The number of piperazine rings is 1. The quantitative estimate of drug-likeness (QED) is 0.780. The molecular formula is C16H30N2O. The van der Waals surface area contributed by atoms with Gasteiger partial charge in [-0.05, 0) is 44.6 Å². The number of rotatable bonds is 3. The standard InChI is InChI=1S/C16H30N2O/c1-2-15-12-17-8-4-3-5-16(17)13-18(15)11-14-6-9-19-10-7-14/h14-16H,2-13H2,1H3. The molecule has 3 aliphatic heterocycles. The molecule has 19 heavy (non-hydrogen) atoms. The molecule has 2 unspecified atom stereocenters. The molecule has 0 saturated carbocycles. The molecule has 3 nitrogen and oxygen atoms in total. The second-order valence-corrected chi connectivity index (χ2v) is 6.72. The van der Waals surface area contributed by atoms with E-state index in [4.69, 9.17) is 4.74 Å². The smallest absolute Gasteiger partial charge is 0.0469 e. The van der Waals surface area contributed by atoms with Gasteiger partial charge in [-0.15, -0.1) is 0 Å². The van der Waals surface area contributed by atoms with Gasteiger partial charge in [-0.3, -0.25) is 9.80 Å². The fourth-order valence-corrected chi connectivity index (χ4v) is 4.18. The Morgan fingerprint density at radius 3 is 2.68 bits per heavy atom. The lowest BCUT2D eigenvalue weighted by atomic mass is 9.93. The zero-order valence-electron chi connectivity index (χ0n) is 12.5. The van der Waals surface area contributed by atoms with E-state index in [1.54, 1.807) is 0 Å². The fraction of sp³-hybridized carbons (Fsp3) is 1.00. The van der Waals surface area contributed by atoms with Crippen molar-refractivity contribution in [1.82, 2.24) is 9.80 Å². The Labute approximate surface area is 118 Å². The minimum Gasteiger partial charge on any atom is -0.381 e. The number of nitrogens with zero attached hydrogens (tertiary/aromatic N) is 2. The van der Waals surface area contributed by atoms with Crippen LogP contribution in [0.4, 0.5) is 0 Å². The zero-order chi connectivity index (χ0) is 13.1. The second-order valence-electron chi connectivity index (χ2n) is 6.72. The van der Waals surface area contributed by atoms with E-state index in [-0.39, 0.29) is 0 Å². The molecule has 3 rings (SSSR count). The van der Waals surface area contributed by atoms with E-state index in [1.807, 2.05) is 0 Å². The van der Waals surface area contributed by atoms with Crippen molar-refractivity contribution in [3.8, 4) is 0 Å². The molecule has 0 aromatic heterocycles. The summed E-state index contributed by atoms with van der Waals surface area (Å²) in [4.78, 5) is 5.60. The highest BCUT2D eigenvalue weighted by Gasteiger charge is 2.35. The number of hydrogen-bond acceptors (Lipinski definition) is 3. The topological polar surface area (TPSA) is 15.7 Å². The Kier molecular flexibility index (Phi) is 4.78. The molecule has 0 aliphatic carbocycles. The largest absolute Gasteiger partial charge is 0.381 e. The fourth-order valence-electron chi connectivity index (χ4n) is 4.18. The molecule has 0 amide bonds. The van der Waals surface area contributed by atoms with E-state index < -0.39 is 0 Å². The molecule has 3 saturated heterocycles. The number of ether oxygens (including phenoxy) is 1. The van der Waals surface area contributed by atoms with Crippen LogP contribution < -0.4 is 0 Å². The number of piperidine rings is 1. The van der Waals surface area contributed by atoms with E-state index in [0.717, 1.165) is 31.2 Å². The third kappa shape index (κ3) is 3.32. The maximum atomic E-state index is 5.50. The van der Waals surface area contributed by atoms with Gasteiger partial charge in [0.15, 0.2) is 0 Å². The van der Waals surface area contributed by atoms with E-state index in [9.17, 15) is 0 Å². The van der Waals surface area contributed by atoms with Crippen molar-refractivity contribution in [2.24, 2.45) is 5.92 Å². The predicted molar refractivity (Wildman–Crippen MR) is 78.4 cm³/mol. The molecular weight excluding hydrogens is 236 g/mol. The highest BCUT2D eigenvalue weighted by Crippen LogP contribution is 2.27. The van der Waals surface area contributed by atoms with Gasteiger partial charge >= 0.3 is 0 Å². The summed E-state index contributed by atoms with van der Waals surface area (Å²) in [5, 5.41) is 0. The molecule has 2 atom stereocenters. The summed E-state index contributed by atoms with van der Waals surface area (Å²) in [6.07, 6.45) is 8.17. The molecule has 3 heteroatoms. The SMILES string of the molecule is CCC1CN2CCCCC2CN1CC1CCOCC1. The highest BCUT2D eigenvalue weighted by molar-refractivity contribution is 4.91. The Balaban J connectivity index is 1.58. The van der Waals surface area contributed by atoms with Gasteiger partial charge in [0.1, 0.15) is 0 Å². The molecule has 0 N–H and O–H groups in total. The van der Waals surface area contributed by atoms with Crippen LogP contribution in [-0.4, -0.2) is 61.3 Å². The molecule has 3 fully saturated rings. The van der Waals surface area contributed by atoms with Gasteiger partial charge in [0.25, 0.3) is 0 Å². The minimum absolute atomic E-state index is 0.803. The molecule has 110 valence electrons. The second kappa shape index (κ2) is 6.55. The monoisotopic (exact) mass is 266 g/mol. The lowest BCUT2D eigenvalue weighted by Gasteiger charge is -2.49. The van der Waals surface area contributed by atoms with Crippen molar-refractivity contribution in [2.45, 2.75) is 57.5 Å². The Bertz CT molecular complexity index is 276. The summed E-state index contributed by atoms with van der Waals surface area (Å²) in [5.74, 6) is 0.887. The number of hydrogen-bond donors (Lipinski definition) is 0. The molecule has 0 radical (unpaired) electrons. The molecule has 0 spiro atoms. The molecule has 0 aromatic carbocycles. The van der Waals surface area contributed by atoms with Crippen LogP contribution in [0.1, 0.15) is 45.4 Å². The summed E-state index contributed by atoms with van der Waals surface area (Å²) in [7, 11) is 0. The molecule has 3 heterocycles. The first kappa shape index (κ1) is 13.8. The minimum atomic E-state index is 0.803. The van der Waals surface area contributed by atoms with Gasteiger partial charge in [-0.25, -0.2) is 0 Å². The lowest BCUT2D eigenvalue weighted by Crippen LogP contribution is -2.60. The first-order chi connectivity index (χ1) is 9.36. The zero-order valence-corrected chi connectivity index (χ0v) is 12.5. The van der Waals surface area contributed by atoms with Crippen LogP contribution in [0.15, 0.2) is 0 Å². The van der Waals surface area contributed by atoms with E-state index in [2.05, 4.69) is 16.7 Å². The average Bonchev–Trinajstić information content (AvgIpc) is 2.47. The molecule has 3 aliphatic rings. The van der Waals surface area contributed by atoms with Crippen molar-refractivity contribution >= 4 is 0 Å². The third-order valence-corrected chi connectivity index (χ3v) is 5.46. The van der Waals surface area contributed by atoms with Crippen LogP contribution in [-0.2, 0) is 4.74 Å². The third-order valence-electron chi connectivity index (χ3n) is 5.46. The van der Waals surface area contributed by atoms with Crippen LogP contribution in [0.25, 0.3) is 0 Å². The van der Waals surface area contributed by atoms with Gasteiger partial charge in [0, 0.05) is 44.9 Å². The Hall–Kier alpha value is -0.120. The molecule has 0 bridgehead atoms. The maximum absolute atomic E-state index is 5.50. The van der Waals surface area contributed by atoms with Crippen LogP contribution >= 0.6 is 0 Å². The van der Waals surface area contributed by atoms with Gasteiger partial charge in [-0.2, -0.15) is 0 Å². The van der Waals surface area contributed by atoms with Gasteiger partial charge in [-0.1, -0.05) is 13.3 Å². The summed E-state index contributed by atoms with van der Waals surface area (Å²) < 4.78 is 5.50. The number of fused-ring (bicyclic) bond motifs is 1. The van der Waals surface area contributed by atoms with Crippen molar-refractivity contribution in [3.63, 3.8) is 0 Å². The van der Waals surface area contributed by atoms with Crippen LogP contribution in [0.5, 0.6) is 0 Å². The van der Waals surface area contributed by atoms with Crippen molar-refractivity contribution in [1.29, 1.82) is 0 Å². The summed E-state index contributed by atoms with van der Waals surface area (Å²) in [6, 6.07) is 1.66. The summed E-state index contributed by atoms with van der Waals surface area (Å²) in [5.41, 5.74) is 0. The van der Waals surface area contributed by atoms with E-state index in [1.165, 1.54) is 64.7 Å². The van der Waals surface area contributed by atoms with E-state index >= 15 is 0 Å². The average molecular weight is 266 g/mol. The Morgan fingerprint density at radius 1 is 1.05 bits per heavy atom. The normalized spacial score (nSPS) is 35.2. The van der Waals surface area contributed by atoms with Crippen molar-refractivity contribution in [2.75, 3.05) is 39.4 Å². The summed E-state index contributed by atoms with van der Waals surface area (Å²) in [6.45, 7) is 9.68.